The predicted molar refractivity (Wildman–Crippen MR) is 86.6 cm³/mol. The third-order valence-electron chi connectivity index (χ3n) is 4.53. The first-order chi connectivity index (χ1) is 9.81. The van der Waals surface area contributed by atoms with Gasteiger partial charge >= 0.3 is 0 Å². The molecule has 102 valence electrons. The lowest BCUT2D eigenvalue weighted by atomic mass is 9.96. The highest BCUT2D eigenvalue weighted by Crippen LogP contribution is 2.47. The highest BCUT2D eigenvalue weighted by molar-refractivity contribution is 8.00. The van der Waals surface area contributed by atoms with Gasteiger partial charge in [0.25, 0.3) is 0 Å². The fraction of sp³-hybridized carbons (Fsp3) is 0.333. The third-order valence-corrected chi connectivity index (χ3v) is 6.46. The molecule has 1 aliphatic carbocycles. The number of rotatable bonds is 2. The lowest BCUT2D eigenvalue weighted by Crippen LogP contribution is -2.12. The van der Waals surface area contributed by atoms with Crippen LogP contribution in [-0.4, -0.2) is 5.25 Å². The van der Waals surface area contributed by atoms with Crippen LogP contribution < -0.4 is 0 Å². The van der Waals surface area contributed by atoms with Crippen LogP contribution in [-0.2, 0) is 12.8 Å². The molecule has 0 N–H and O–H groups in total. The summed E-state index contributed by atoms with van der Waals surface area (Å²) in [6.45, 7) is 0. The molecular formula is C18H17ClS. The highest BCUT2D eigenvalue weighted by Gasteiger charge is 2.34. The summed E-state index contributed by atoms with van der Waals surface area (Å²) in [5.74, 6) is 0.598. The van der Waals surface area contributed by atoms with Crippen molar-refractivity contribution >= 4 is 23.4 Å². The minimum atomic E-state index is 0.204. The zero-order valence-electron chi connectivity index (χ0n) is 11.3. The summed E-state index contributed by atoms with van der Waals surface area (Å²) in [6.07, 6.45) is 3.58. The highest BCUT2D eigenvalue weighted by atomic mass is 35.5. The molecule has 4 rings (SSSR count). The maximum atomic E-state index is 6.69. The Morgan fingerprint density at radius 3 is 2.50 bits per heavy atom. The van der Waals surface area contributed by atoms with Crippen LogP contribution in [0.1, 0.15) is 28.5 Å². The lowest BCUT2D eigenvalue weighted by Gasteiger charge is -2.18. The van der Waals surface area contributed by atoms with E-state index in [1.54, 1.807) is 0 Å². The first-order valence-electron chi connectivity index (χ1n) is 7.27. The van der Waals surface area contributed by atoms with Crippen molar-refractivity contribution in [1.29, 1.82) is 0 Å². The maximum absolute atomic E-state index is 6.69. The van der Waals surface area contributed by atoms with Crippen LogP contribution >= 0.6 is 23.4 Å². The monoisotopic (exact) mass is 300 g/mol. The second-order valence-corrected chi connectivity index (χ2v) is 7.66. The molecule has 0 spiro atoms. The van der Waals surface area contributed by atoms with Gasteiger partial charge in [0.05, 0.1) is 5.38 Å². The third kappa shape index (κ3) is 2.17. The summed E-state index contributed by atoms with van der Waals surface area (Å²) >= 11 is 8.73. The maximum Gasteiger partial charge on any atom is 0.0619 e. The van der Waals surface area contributed by atoms with E-state index in [1.165, 1.54) is 34.4 Å². The quantitative estimate of drug-likeness (QED) is 0.683. The number of thioether (sulfide) groups is 1. The molecule has 2 aromatic carbocycles. The number of halogens is 1. The van der Waals surface area contributed by atoms with E-state index in [-0.39, 0.29) is 5.38 Å². The molecule has 0 nitrogen and oxygen atoms in total. The van der Waals surface area contributed by atoms with Crippen LogP contribution in [0.2, 0.25) is 0 Å². The van der Waals surface area contributed by atoms with Gasteiger partial charge in [0, 0.05) is 10.1 Å². The molecule has 0 amide bonds. The second kappa shape index (κ2) is 5.13. The van der Waals surface area contributed by atoms with E-state index in [0.29, 0.717) is 11.2 Å². The topological polar surface area (TPSA) is 0 Å². The Bertz CT molecular complexity index is 612. The molecule has 2 heteroatoms. The van der Waals surface area contributed by atoms with Crippen molar-refractivity contribution in [2.45, 2.75) is 34.8 Å². The SMILES string of the molecule is ClC1c2ccccc2CC1CC1Cc2ccccc2S1. The molecule has 3 atom stereocenters. The first kappa shape index (κ1) is 12.8. The smallest absolute Gasteiger partial charge is 0.0619 e. The van der Waals surface area contributed by atoms with Gasteiger partial charge in [0.15, 0.2) is 0 Å². The Hall–Kier alpha value is -0.920. The molecule has 0 saturated heterocycles. The summed E-state index contributed by atoms with van der Waals surface area (Å²) in [5.41, 5.74) is 4.34. The number of alkyl halides is 1. The average Bonchev–Trinajstić information content (AvgIpc) is 3.01. The van der Waals surface area contributed by atoms with Crippen LogP contribution in [0.15, 0.2) is 53.4 Å². The van der Waals surface area contributed by atoms with Gasteiger partial charge in [-0.2, -0.15) is 0 Å². The van der Waals surface area contributed by atoms with Gasteiger partial charge in [-0.25, -0.2) is 0 Å². The Morgan fingerprint density at radius 1 is 0.950 bits per heavy atom. The molecule has 0 saturated carbocycles. The van der Waals surface area contributed by atoms with Crippen molar-refractivity contribution in [2.24, 2.45) is 5.92 Å². The molecule has 1 aliphatic heterocycles. The molecule has 20 heavy (non-hydrogen) atoms. The van der Waals surface area contributed by atoms with Gasteiger partial charge in [-0.15, -0.1) is 23.4 Å². The van der Waals surface area contributed by atoms with Crippen LogP contribution in [0.5, 0.6) is 0 Å². The molecule has 0 bridgehead atoms. The van der Waals surface area contributed by atoms with Gasteiger partial charge in [-0.1, -0.05) is 42.5 Å². The van der Waals surface area contributed by atoms with Gasteiger partial charge in [0.1, 0.15) is 0 Å². The normalized spacial score (nSPS) is 27.4. The lowest BCUT2D eigenvalue weighted by molar-refractivity contribution is 0.491. The van der Waals surface area contributed by atoms with E-state index in [4.69, 9.17) is 11.6 Å². The minimum Gasteiger partial charge on any atom is -0.122 e. The molecule has 0 radical (unpaired) electrons. The number of hydrogen-bond donors (Lipinski definition) is 0. The standard InChI is InChI=1S/C18H17ClS/c19-18-14(9-12-5-1-3-7-16(12)18)11-15-10-13-6-2-4-8-17(13)20-15/h1-8,14-15,18H,9-11H2. The molecule has 2 aliphatic rings. The van der Waals surface area contributed by atoms with Gasteiger partial charge in [0.2, 0.25) is 0 Å². The zero-order chi connectivity index (χ0) is 13.5. The van der Waals surface area contributed by atoms with Gasteiger partial charge < -0.3 is 0 Å². The Kier molecular flexibility index (Phi) is 3.28. The van der Waals surface area contributed by atoms with Crippen molar-refractivity contribution in [3.8, 4) is 0 Å². The van der Waals surface area contributed by atoms with E-state index in [0.717, 1.165) is 6.42 Å². The fourth-order valence-corrected chi connectivity index (χ4v) is 5.39. The van der Waals surface area contributed by atoms with Gasteiger partial charge in [-0.05, 0) is 47.9 Å². The predicted octanol–water partition coefficient (Wildman–Crippen LogP) is 5.25. The van der Waals surface area contributed by atoms with Crippen molar-refractivity contribution < 1.29 is 0 Å². The largest absolute Gasteiger partial charge is 0.122 e. The number of fused-ring (bicyclic) bond motifs is 2. The van der Waals surface area contributed by atoms with Crippen LogP contribution in [0.3, 0.4) is 0 Å². The van der Waals surface area contributed by atoms with E-state index in [2.05, 4.69) is 48.5 Å². The van der Waals surface area contributed by atoms with E-state index >= 15 is 0 Å². The first-order valence-corrected chi connectivity index (χ1v) is 8.59. The summed E-state index contributed by atoms with van der Waals surface area (Å²) in [6, 6.07) is 17.5. The molecular weight excluding hydrogens is 284 g/mol. The van der Waals surface area contributed by atoms with E-state index < -0.39 is 0 Å². The average molecular weight is 301 g/mol. The fourth-order valence-electron chi connectivity index (χ4n) is 3.55. The van der Waals surface area contributed by atoms with Gasteiger partial charge in [-0.3, -0.25) is 0 Å². The Morgan fingerprint density at radius 2 is 1.70 bits per heavy atom. The molecule has 0 fully saturated rings. The van der Waals surface area contributed by atoms with Crippen molar-refractivity contribution in [3.63, 3.8) is 0 Å². The summed E-state index contributed by atoms with van der Waals surface area (Å²) < 4.78 is 0. The Labute approximate surface area is 129 Å². The van der Waals surface area contributed by atoms with E-state index in [1.807, 2.05) is 11.8 Å². The molecule has 2 aromatic rings. The molecule has 1 heterocycles. The van der Waals surface area contributed by atoms with Crippen LogP contribution in [0, 0.1) is 5.92 Å². The number of benzene rings is 2. The van der Waals surface area contributed by atoms with E-state index in [9.17, 15) is 0 Å². The van der Waals surface area contributed by atoms with Crippen LogP contribution in [0.25, 0.3) is 0 Å². The summed E-state index contributed by atoms with van der Waals surface area (Å²) in [4.78, 5) is 1.47. The minimum absolute atomic E-state index is 0.204. The van der Waals surface area contributed by atoms with Crippen LogP contribution in [0.4, 0.5) is 0 Å². The van der Waals surface area contributed by atoms with Crippen molar-refractivity contribution in [3.05, 3.63) is 65.2 Å². The Balaban J connectivity index is 1.48. The zero-order valence-corrected chi connectivity index (χ0v) is 12.8. The summed E-state index contributed by atoms with van der Waals surface area (Å²) in [7, 11) is 0. The second-order valence-electron chi connectivity index (χ2n) is 5.85. The summed E-state index contributed by atoms with van der Waals surface area (Å²) in [5, 5.41) is 0.906. The molecule has 0 aromatic heterocycles. The number of hydrogen-bond acceptors (Lipinski definition) is 1. The molecule has 3 unspecified atom stereocenters. The van der Waals surface area contributed by atoms with Crippen molar-refractivity contribution in [1.82, 2.24) is 0 Å². The van der Waals surface area contributed by atoms with Crippen molar-refractivity contribution in [2.75, 3.05) is 0 Å².